The van der Waals surface area contributed by atoms with E-state index >= 15 is 0 Å². The zero-order valence-electron chi connectivity index (χ0n) is 14.1. The van der Waals surface area contributed by atoms with Crippen LogP contribution >= 0.6 is 11.3 Å². The molecule has 2 aromatic rings. The van der Waals surface area contributed by atoms with Crippen LogP contribution in [0.4, 0.5) is 5.13 Å². The van der Waals surface area contributed by atoms with Crippen LogP contribution in [0.15, 0.2) is 23.8 Å². The number of aromatic nitrogens is 3. The molecule has 0 spiro atoms. The van der Waals surface area contributed by atoms with E-state index in [2.05, 4.69) is 31.7 Å². The van der Waals surface area contributed by atoms with Crippen molar-refractivity contribution >= 4 is 16.5 Å². The molecule has 2 aliphatic rings. The highest BCUT2D eigenvalue weighted by molar-refractivity contribution is 7.13. The Kier molecular flexibility index (Phi) is 4.82. The van der Waals surface area contributed by atoms with Gasteiger partial charge in [-0.05, 0) is 25.3 Å². The molecule has 6 nitrogen and oxygen atoms in total. The van der Waals surface area contributed by atoms with Gasteiger partial charge < -0.3 is 15.0 Å². The van der Waals surface area contributed by atoms with Gasteiger partial charge >= 0.3 is 0 Å². The largest absolute Gasteiger partial charge is 0.372 e. The molecule has 7 heteroatoms. The predicted octanol–water partition coefficient (Wildman–Crippen LogP) is 2.21. The van der Waals surface area contributed by atoms with Gasteiger partial charge in [0.25, 0.3) is 0 Å². The molecule has 1 N–H and O–H groups in total. The van der Waals surface area contributed by atoms with Gasteiger partial charge in [-0.15, -0.1) is 11.3 Å². The van der Waals surface area contributed by atoms with E-state index in [1.54, 1.807) is 11.3 Å². The van der Waals surface area contributed by atoms with Crippen molar-refractivity contribution in [2.45, 2.75) is 31.4 Å². The Morgan fingerprint density at radius 2 is 2.17 bits per heavy atom. The van der Waals surface area contributed by atoms with E-state index in [0.29, 0.717) is 12.0 Å². The molecule has 0 saturated carbocycles. The van der Waals surface area contributed by atoms with Crippen LogP contribution in [0.25, 0.3) is 0 Å². The van der Waals surface area contributed by atoms with Crippen LogP contribution in [0.3, 0.4) is 0 Å². The molecule has 0 amide bonds. The minimum Gasteiger partial charge on any atom is -0.372 e. The summed E-state index contributed by atoms with van der Waals surface area (Å²) in [5.74, 6) is 0.539. The third-order valence-corrected chi connectivity index (χ3v) is 6.05. The first kappa shape index (κ1) is 16.1. The number of ether oxygens (including phenoxy) is 1. The van der Waals surface area contributed by atoms with E-state index in [1.165, 1.54) is 18.5 Å². The first-order valence-corrected chi connectivity index (χ1v) is 9.66. The average Bonchev–Trinajstić information content (AvgIpc) is 3.35. The second-order valence-electron chi connectivity index (χ2n) is 6.70. The summed E-state index contributed by atoms with van der Waals surface area (Å²) >= 11 is 1.73. The molecule has 4 rings (SSSR count). The van der Waals surface area contributed by atoms with Crippen molar-refractivity contribution in [2.24, 2.45) is 13.0 Å². The molecular formula is C17H25N5OS. The lowest BCUT2D eigenvalue weighted by atomic mass is 9.97. The van der Waals surface area contributed by atoms with E-state index in [0.717, 1.165) is 37.8 Å². The second kappa shape index (κ2) is 7.21. The SMILES string of the molecule is Cn1nccc1[C@@H]1OCC[C@H]1CNC1CCN(c2nccs2)CC1. The smallest absolute Gasteiger partial charge is 0.185 e. The van der Waals surface area contributed by atoms with Crippen molar-refractivity contribution < 1.29 is 4.74 Å². The first-order chi connectivity index (χ1) is 11.8. The van der Waals surface area contributed by atoms with E-state index in [4.69, 9.17) is 4.74 Å². The molecule has 2 aliphatic heterocycles. The predicted molar refractivity (Wildman–Crippen MR) is 95.4 cm³/mol. The monoisotopic (exact) mass is 347 g/mol. The topological polar surface area (TPSA) is 55.2 Å². The third-order valence-electron chi connectivity index (χ3n) is 5.22. The summed E-state index contributed by atoms with van der Waals surface area (Å²) in [5.41, 5.74) is 1.19. The van der Waals surface area contributed by atoms with Crippen LogP contribution in [0, 0.1) is 5.92 Å². The van der Waals surface area contributed by atoms with Crippen LogP contribution in [0.1, 0.15) is 31.1 Å². The molecule has 2 atom stereocenters. The number of nitrogens with zero attached hydrogens (tertiary/aromatic N) is 4. The van der Waals surface area contributed by atoms with Gasteiger partial charge in [0.15, 0.2) is 5.13 Å². The minimum absolute atomic E-state index is 0.181. The van der Waals surface area contributed by atoms with Gasteiger partial charge in [0.2, 0.25) is 0 Å². The highest BCUT2D eigenvalue weighted by Gasteiger charge is 2.32. The minimum atomic E-state index is 0.181. The quantitative estimate of drug-likeness (QED) is 0.899. The zero-order chi connectivity index (χ0) is 16.4. The second-order valence-corrected chi connectivity index (χ2v) is 7.58. The number of hydrogen-bond acceptors (Lipinski definition) is 6. The summed E-state index contributed by atoms with van der Waals surface area (Å²) in [6, 6.07) is 2.68. The molecule has 4 heterocycles. The van der Waals surface area contributed by atoms with Crippen molar-refractivity contribution in [1.29, 1.82) is 0 Å². The average molecular weight is 347 g/mol. The van der Waals surface area contributed by atoms with Gasteiger partial charge in [0, 0.05) is 63.0 Å². The number of rotatable bonds is 5. The Bertz CT molecular complexity index is 635. The number of anilines is 1. The van der Waals surface area contributed by atoms with Crippen molar-refractivity contribution in [2.75, 3.05) is 31.1 Å². The maximum Gasteiger partial charge on any atom is 0.185 e. The van der Waals surface area contributed by atoms with Gasteiger partial charge in [-0.25, -0.2) is 4.98 Å². The van der Waals surface area contributed by atoms with Crippen molar-refractivity contribution in [3.05, 3.63) is 29.5 Å². The van der Waals surface area contributed by atoms with Gasteiger partial charge in [-0.2, -0.15) is 5.10 Å². The number of nitrogens with one attached hydrogen (secondary N) is 1. The van der Waals surface area contributed by atoms with Gasteiger partial charge in [0.1, 0.15) is 6.10 Å². The summed E-state index contributed by atoms with van der Waals surface area (Å²) in [6.45, 7) is 4.07. The Hall–Kier alpha value is -1.44. The molecule has 24 heavy (non-hydrogen) atoms. The van der Waals surface area contributed by atoms with E-state index in [-0.39, 0.29) is 6.10 Å². The molecule has 2 aromatic heterocycles. The first-order valence-electron chi connectivity index (χ1n) is 8.78. The molecule has 130 valence electrons. The normalized spacial score (nSPS) is 25.5. The zero-order valence-corrected chi connectivity index (χ0v) is 14.9. The number of hydrogen-bond donors (Lipinski definition) is 1. The fraction of sp³-hybridized carbons (Fsp3) is 0.647. The Labute approximate surface area is 146 Å². The van der Waals surface area contributed by atoms with Crippen LogP contribution < -0.4 is 10.2 Å². The fourth-order valence-electron chi connectivity index (χ4n) is 3.80. The van der Waals surface area contributed by atoms with E-state index < -0.39 is 0 Å². The molecular weight excluding hydrogens is 322 g/mol. The summed E-state index contributed by atoms with van der Waals surface area (Å²) in [7, 11) is 2.00. The molecule has 0 bridgehead atoms. The van der Waals surface area contributed by atoms with Gasteiger partial charge in [-0.3, -0.25) is 4.68 Å². The maximum absolute atomic E-state index is 5.98. The number of aryl methyl sites for hydroxylation is 1. The number of thiazole rings is 1. The van der Waals surface area contributed by atoms with Crippen LogP contribution in [-0.2, 0) is 11.8 Å². The van der Waals surface area contributed by atoms with Gasteiger partial charge in [0.05, 0.1) is 5.69 Å². The Morgan fingerprint density at radius 1 is 1.29 bits per heavy atom. The van der Waals surface area contributed by atoms with Crippen LogP contribution in [0.5, 0.6) is 0 Å². The summed E-state index contributed by atoms with van der Waals surface area (Å²) in [5, 5.41) is 11.3. The third kappa shape index (κ3) is 3.34. The summed E-state index contributed by atoms with van der Waals surface area (Å²) in [6.07, 6.45) is 7.42. The lowest BCUT2D eigenvalue weighted by molar-refractivity contribution is 0.0829. The highest BCUT2D eigenvalue weighted by atomic mass is 32.1. The van der Waals surface area contributed by atoms with Crippen LogP contribution in [0.2, 0.25) is 0 Å². The molecule has 2 saturated heterocycles. The molecule has 0 aromatic carbocycles. The molecule has 0 radical (unpaired) electrons. The lowest BCUT2D eigenvalue weighted by Gasteiger charge is -2.33. The standard InChI is InChI=1S/C17H25N5OS/c1-21-15(2-6-20-21)16-13(5-10-23-16)12-19-14-3-8-22(9-4-14)17-18-7-11-24-17/h2,6-7,11,13-14,16,19H,3-5,8-10,12H2,1H3/t13-,16+/m0/s1. The van der Waals surface area contributed by atoms with E-state index in [1.807, 2.05) is 24.1 Å². The highest BCUT2D eigenvalue weighted by Crippen LogP contribution is 2.34. The Balaban J connectivity index is 1.27. The molecule has 0 unspecified atom stereocenters. The maximum atomic E-state index is 5.98. The van der Waals surface area contributed by atoms with Crippen molar-refractivity contribution in [3.8, 4) is 0 Å². The number of piperidine rings is 1. The van der Waals surface area contributed by atoms with E-state index in [9.17, 15) is 0 Å². The Morgan fingerprint density at radius 3 is 2.88 bits per heavy atom. The molecule has 0 aliphatic carbocycles. The van der Waals surface area contributed by atoms with Crippen molar-refractivity contribution in [3.63, 3.8) is 0 Å². The summed E-state index contributed by atoms with van der Waals surface area (Å²) < 4.78 is 7.92. The molecule has 2 fully saturated rings. The fourth-order valence-corrected chi connectivity index (χ4v) is 4.49. The van der Waals surface area contributed by atoms with Crippen LogP contribution in [-0.4, -0.2) is 47.0 Å². The van der Waals surface area contributed by atoms with Crippen molar-refractivity contribution in [1.82, 2.24) is 20.1 Å². The summed E-state index contributed by atoms with van der Waals surface area (Å²) in [4.78, 5) is 6.82. The van der Waals surface area contributed by atoms with Gasteiger partial charge in [-0.1, -0.05) is 0 Å². The lowest BCUT2D eigenvalue weighted by Crippen LogP contribution is -2.44.